The summed E-state index contributed by atoms with van der Waals surface area (Å²) in [5.74, 6) is -0.914. The van der Waals surface area contributed by atoms with E-state index in [1.165, 1.54) is 41.6 Å². The van der Waals surface area contributed by atoms with Crippen LogP contribution in [0.25, 0.3) is 11.1 Å². The summed E-state index contributed by atoms with van der Waals surface area (Å²) in [7, 11) is 0. The van der Waals surface area contributed by atoms with Gasteiger partial charge < -0.3 is 9.84 Å². The monoisotopic (exact) mass is 469 g/mol. The molecule has 0 fully saturated rings. The highest BCUT2D eigenvalue weighted by Crippen LogP contribution is 2.35. The quantitative estimate of drug-likeness (QED) is 0.454. The lowest BCUT2D eigenvalue weighted by molar-refractivity contribution is -0.139. The zero-order valence-corrected chi connectivity index (χ0v) is 18.1. The minimum absolute atomic E-state index is 0.104. The number of carboxylic acids is 1. The highest BCUT2D eigenvalue weighted by molar-refractivity contribution is 8.02. The number of benzene rings is 1. The van der Waals surface area contributed by atoms with Crippen LogP contribution in [0.3, 0.4) is 0 Å². The van der Waals surface area contributed by atoms with Gasteiger partial charge >= 0.3 is 18.2 Å². The molecular formula is C20H18F3N3O3S2. The van der Waals surface area contributed by atoms with E-state index in [9.17, 15) is 23.1 Å². The number of nitrogens with zero attached hydrogens (tertiary/aromatic N) is 3. The first kappa shape index (κ1) is 23.0. The maximum atomic E-state index is 12.9. The summed E-state index contributed by atoms with van der Waals surface area (Å²) in [6, 6.07) is 5.04. The third-order valence-electron chi connectivity index (χ3n) is 4.13. The van der Waals surface area contributed by atoms with Crippen molar-refractivity contribution in [3.05, 3.63) is 53.3 Å². The van der Waals surface area contributed by atoms with Gasteiger partial charge in [-0.25, -0.2) is 15.0 Å². The maximum Gasteiger partial charge on any atom is 0.416 e. The summed E-state index contributed by atoms with van der Waals surface area (Å²) in [4.78, 5) is 23.7. The van der Waals surface area contributed by atoms with Gasteiger partial charge in [0, 0.05) is 29.8 Å². The Morgan fingerprint density at radius 2 is 1.90 bits per heavy atom. The molecule has 164 valence electrons. The standard InChI is InChI=1S/C20H18F3N3O3S2/c1-19(2,16(27)28)31-18-26-15(11-30-18)6-7-29-17-24-9-13(10-25-17)12-4-3-5-14(8-12)20(21,22)23/h3-5,8-11H,6-7H2,1-2H3,(H,27,28). The first-order valence-corrected chi connectivity index (χ1v) is 10.7. The van der Waals surface area contributed by atoms with E-state index >= 15 is 0 Å². The van der Waals surface area contributed by atoms with Gasteiger partial charge in [-0.2, -0.15) is 13.2 Å². The van der Waals surface area contributed by atoms with E-state index in [0.29, 0.717) is 21.9 Å². The number of hydrogen-bond donors (Lipinski definition) is 1. The van der Waals surface area contributed by atoms with Crippen molar-refractivity contribution in [2.24, 2.45) is 0 Å². The van der Waals surface area contributed by atoms with Crippen LogP contribution in [0.15, 0.2) is 46.4 Å². The van der Waals surface area contributed by atoms with Crippen LogP contribution in [0.4, 0.5) is 13.2 Å². The lowest BCUT2D eigenvalue weighted by Crippen LogP contribution is -2.26. The highest BCUT2D eigenvalue weighted by atomic mass is 32.2. The SMILES string of the molecule is CC(C)(Sc1nc(CCOc2ncc(-c3cccc(C(F)(F)F)c3)cn2)cs1)C(=O)O. The van der Waals surface area contributed by atoms with Gasteiger partial charge in [-0.1, -0.05) is 23.9 Å². The molecule has 0 saturated carbocycles. The summed E-state index contributed by atoms with van der Waals surface area (Å²) in [6.07, 6.45) is -1.13. The summed E-state index contributed by atoms with van der Waals surface area (Å²) < 4.78 is 43.8. The summed E-state index contributed by atoms with van der Waals surface area (Å²) in [6.45, 7) is 3.48. The van der Waals surface area contributed by atoms with Crippen LogP contribution < -0.4 is 4.74 Å². The fourth-order valence-corrected chi connectivity index (χ4v) is 4.60. The molecule has 31 heavy (non-hydrogen) atoms. The fourth-order valence-electron chi connectivity index (χ4n) is 2.37. The van der Waals surface area contributed by atoms with Crippen LogP contribution in [0.5, 0.6) is 6.01 Å². The number of ether oxygens (including phenoxy) is 1. The summed E-state index contributed by atoms with van der Waals surface area (Å²) in [5, 5.41) is 11.0. The molecule has 1 aromatic carbocycles. The molecule has 2 aromatic heterocycles. The number of halogens is 3. The molecule has 0 saturated heterocycles. The molecule has 0 atom stereocenters. The molecule has 0 aliphatic carbocycles. The second kappa shape index (κ2) is 9.23. The molecule has 3 aromatic rings. The molecule has 3 rings (SSSR count). The van der Waals surface area contributed by atoms with Gasteiger partial charge in [-0.15, -0.1) is 11.3 Å². The van der Waals surface area contributed by atoms with Crippen molar-refractivity contribution < 1.29 is 27.8 Å². The second-order valence-electron chi connectivity index (χ2n) is 6.95. The van der Waals surface area contributed by atoms with E-state index < -0.39 is 22.5 Å². The molecule has 0 radical (unpaired) electrons. The van der Waals surface area contributed by atoms with Crippen molar-refractivity contribution in [1.82, 2.24) is 15.0 Å². The fraction of sp³-hybridized carbons (Fsp3) is 0.300. The van der Waals surface area contributed by atoms with Crippen molar-refractivity contribution in [3.63, 3.8) is 0 Å². The first-order valence-electron chi connectivity index (χ1n) is 9.04. The number of thiazole rings is 1. The third-order valence-corrected chi connectivity index (χ3v) is 6.30. The predicted octanol–water partition coefficient (Wildman–Crippen LogP) is 5.20. The summed E-state index contributed by atoms with van der Waals surface area (Å²) >= 11 is 2.54. The Morgan fingerprint density at radius 3 is 2.55 bits per heavy atom. The molecule has 2 heterocycles. The molecule has 0 aliphatic rings. The van der Waals surface area contributed by atoms with Gasteiger partial charge in [0.25, 0.3) is 0 Å². The highest BCUT2D eigenvalue weighted by Gasteiger charge is 2.31. The second-order valence-corrected chi connectivity index (χ2v) is 9.68. The largest absolute Gasteiger partial charge is 0.480 e. The van der Waals surface area contributed by atoms with Crippen LogP contribution in [0.1, 0.15) is 25.1 Å². The third kappa shape index (κ3) is 6.17. The van der Waals surface area contributed by atoms with Gasteiger partial charge in [0.15, 0.2) is 4.34 Å². The van der Waals surface area contributed by atoms with Gasteiger partial charge in [-0.05, 0) is 31.5 Å². The van der Waals surface area contributed by atoms with E-state index in [4.69, 9.17) is 4.74 Å². The smallest absolute Gasteiger partial charge is 0.416 e. The number of rotatable bonds is 8. The number of carboxylic acid groups (broad SMARTS) is 1. The minimum atomic E-state index is -4.42. The molecule has 0 unspecified atom stereocenters. The molecule has 0 aliphatic heterocycles. The number of hydrogen-bond acceptors (Lipinski definition) is 7. The van der Waals surface area contributed by atoms with E-state index in [2.05, 4.69) is 15.0 Å². The van der Waals surface area contributed by atoms with Crippen molar-refractivity contribution in [3.8, 4) is 17.1 Å². The number of aromatic nitrogens is 3. The number of alkyl halides is 3. The van der Waals surface area contributed by atoms with E-state index in [-0.39, 0.29) is 12.6 Å². The average Bonchev–Trinajstić information content (AvgIpc) is 3.14. The maximum absolute atomic E-state index is 12.9. The van der Waals surface area contributed by atoms with E-state index in [1.54, 1.807) is 19.9 Å². The van der Waals surface area contributed by atoms with Gasteiger partial charge in [0.2, 0.25) is 0 Å². The van der Waals surface area contributed by atoms with Crippen LogP contribution in [0, 0.1) is 0 Å². The topological polar surface area (TPSA) is 85.2 Å². The first-order chi connectivity index (χ1) is 14.5. The molecule has 0 bridgehead atoms. The zero-order valence-electron chi connectivity index (χ0n) is 16.5. The van der Waals surface area contributed by atoms with Crippen LogP contribution in [-0.2, 0) is 17.4 Å². The molecular weight excluding hydrogens is 451 g/mol. The molecule has 6 nitrogen and oxygen atoms in total. The van der Waals surface area contributed by atoms with Crippen LogP contribution in [-0.4, -0.2) is 37.4 Å². The van der Waals surface area contributed by atoms with Gasteiger partial charge in [0.05, 0.1) is 17.9 Å². The summed E-state index contributed by atoms with van der Waals surface area (Å²) in [5.41, 5.74) is 0.825. The van der Waals surface area contributed by atoms with E-state index in [0.717, 1.165) is 17.8 Å². The number of carbonyl (C=O) groups is 1. The average molecular weight is 470 g/mol. The minimum Gasteiger partial charge on any atom is -0.480 e. The Morgan fingerprint density at radius 1 is 1.19 bits per heavy atom. The van der Waals surface area contributed by atoms with Gasteiger partial charge in [-0.3, -0.25) is 4.79 Å². The van der Waals surface area contributed by atoms with Crippen molar-refractivity contribution in [2.45, 2.75) is 35.5 Å². The van der Waals surface area contributed by atoms with E-state index in [1.807, 2.05) is 5.38 Å². The Balaban J connectivity index is 1.55. The molecule has 0 amide bonds. The molecule has 0 spiro atoms. The lowest BCUT2D eigenvalue weighted by Gasteiger charge is -2.15. The van der Waals surface area contributed by atoms with Crippen molar-refractivity contribution in [1.29, 1.82) is 0 Å². The Kier molecular flexibility index (Phi) is 6.85. The Hall–Kier alpha value is -2.66. The predicted molar refractivity (Wildman–Crippen MR) is 111 cm³/mol. The van der Waals surface area contributed by atoms with Crippen LogP contribution in [0.2, 0.25) is 0 Å². The van der Waals surface area contributed by atoms with Gasteiger partial charge in [0.1, 0.15) is 4.75 Å². The number of thioether (sulfide) groups is 1. The Labute approximate surface area is 184 Å². The lowest BCUT2D eigenvalue weighted by atomic mass is 10.1. The van der Waals surface area contributed by atoms with Crippen LogP contribution >= 0.6 is 23.1 Å². The zero-order chi connectivity index (χ0) is 22.6. The number of aliphatic carboxylic acids is 1. The molecule has 11 heteroatoms. The van der Waals surface area contributed by atoms with Crippen molar-refractivity contribution in [2.75, 3.05) is 6.61 Å². The normalized spacial score (nSPS) is 12.0. The molecule has 1 N–H and O–H groups in total. The van der Waals surface area contributed by atoms with Crippen molar-refractivity contribution >= 4 is 29.1 Å². The Bertz CT molecular complexity index is 1050.